The summed E-state index contributed by atoms with van der Waals surface area (Å²) in [6.45, 7) is 3.55. The van der Waals surface area contributed by atoms with Gasteiger partial charge >= 0.3 is 0 Å². The van der Waals surface area contributed by atoms with Crippen molar-refractivity contribution in [2.75, 3.05) is 16.8 Å². The Morgan fingerprint density at radius 2 is 1.89 bits per heavy atom. The van der Waals surface area contributed by atoms with E-state index < -0.39 is 5.60 Å². The van der Waals surface area contributed by atoms with Crippen LogP contribution in [-0.2, 0) is 10.4 Å². The number of nitrogens with zero attached hydrogens (tertiary/aromatic N) is 4. The summed E-state index contributed by atoms with van der Waals surface area (Å²) in [5.41, 5.74) is 1.86. The van der Waals surface area contributed by atoms with E-state index in [2.05, 4.69) is 15.3 Å². The summed E-state index contributed by atoms with van der Waals surface area (Å²) >= 11 is 0. The quantitative estimate of drug-likeness (QED) is 0.743. The first-order valence-electron chi connectivity index (χ1n) is 8.60. The number of nitrogens with one attached hydrogen (secondary N) is 1. The molecule has 2 aromatic heterocycles. The van der Waals surface area contributed by atoms with E-state index in [0.29, 0.717) is 23.0 Å². The molecule has 7 nitrogen and oxygen atoms in total. The van der Waals surface area contributed by atoms with Crippen LogP contribution in [0.2, 0.25) is 0 Å². The summed E-state index contributed by atoms with van der Waals surface area (Å²) in [5, 5.41) is 12.8. The van der Waals surface area contributed by atoms with Crippen LogP contribution in [0.5, 0.6) is 0 Å². The molecule has 0 fully saturated rings. The minimum atomic E-state index is -1.01. The topological polar surface area (TPSA) is 91.2 Å². The van der Waals surface area contributed by atoms with Crippen LogP contribution in [0.3, 0.4) is 0 Å². The van der Waals surface area contributed by atoms with Crippen molar-refractivity contribution in [1.82, 2.24) is 15.0 Å². The lowest BCUT2D eigenvalue weighted by atomic mass is 10.0. The number of pyridine rings is 1. The molecule has 1 aliphatic heterocycles. The van der Waals surface area contributed by atoms with Gasteiger partial charge in [0, 0.05) is 18.9 Å². The number of hydrogen-bond acceptors (Lipinski definition) is 6. The lowest BCUT2D eigenvalue weighted by Gasteiger charge is -2.29. The fourth-order valence-corrected chi connectivity index (χ4v) is 2.91. The molecule has 7 heteroatoms. The minimum Gasteiger partial charge on any atom is -0.384 e. The van der Waals surface area contributed by atoms with Crippen molar-refractivity contribution in [1.29, 1.82) is 0 Å². The van der Waals surface area contributed by atoms with E-state index in [1.165, 1.54) is 0 Å². The first-order chi connectivity index (χ1) is 12.9. The molecule has 3 aromatic rings. The van der Waals surface area contributed by atoms with Gasteiger partial charge in [-0.05, 0) is 38.1 Å². The predicted octanol–water partition coefficient (Wildman–Crippen LogP) is 3.10. The molecule has 0 bridgehead atoms. The van der Waals surface area contributed by atoms with Crippen LogP contribution >= 0.6 is 0 Å². The summed E-state index contributed by atoms with van der Waals surface area (Å²) in [6.07, 6.45) is 3.27. The maximum Gasteiger partial charge on any atom is 0.245 e. The van der Waals surface area contributed by atoms with Gasteiger partial charge in [0.05, 0.1) is 17.6 Å². The van der Waals surface area contributed by atoms with E-state index in [1.54, 1.807) is 32.3 Å². The second kappa shape index (κ2) is 6.44. The normalized spacial score (nSPS) is 13.9. The molecule has 0 saturated heterocycles. The average molecular weight is 363 g/mol. The molecule has 0 atom stereocenters. The number of aromatic nitrogens is 3. The third-order valence-electron chi connectivity index (χ3n) is 4.32. The van der Waals surface area contributed by atoms with Gasteiger partial charge < -0.3 is 15.3 Å². The highest BCUT2D eigenvalue weighted by Crippen LogP contribution is 2.33. The Kier molecular flexibility index (Phi) is 4.08. The molecule has 138 valence electrons. The van der Waals surface area contributed by atoms with E-state index in [9.17, 15) is 9.90 Å². The van der Waals surface area contributed by atoms with Crippen LogP contribution in [0.4, 0.5) is 17.3 Å². The standard InChI is InChI=1S/C20H19N5O2.H2/c1-20(2,27)16-9-8-13(10-21-16)15-11-22-18-19(23-15)25(12-17(26)24-18)14-6-4-3-5-7-14;/h3-11,27H,12H2,1-2H3,(H,22,24,26);1H. The van der Waals surface area contributed by atoms with Crippen molar-refractivity contribution in [3.63, 3.8) is 0 Å². The molecule has 0 aliphatic carbocycles. The van der Waals surface area contributed by atoms with E-state index in [0.717, 1.165) is 11.3 Å². The summed E-state index contributed by atoms with van der Waals surface area (Å²) in [4.78, 5) is 27.3. The second-order valence-corrected chi connectivity index (χ2v) is 6.89. The Hall–Kier alpha value is -3.32. The van der Waals surface area contributed by atoms with Crippen LogP contribution in [0.25, 0.3) is 11.3 Å². The van der Waals surface area contributed by atoms with Crippen molar-refractivity contribution in [2.45, 2.75) is 19.4 Å². The maximum absolute atomic E-state index is 12.0. The number of anilines is 3. The lowest BCUT2D eigenvalue weighted by molar-refractivity contribution is -0.115. The number of carbonyl (C=O) groups excluding carboxylic acids is 1. The lowest BCUT2D eigenvalue weighted by Crippen LogP contribution is -2.36. The van der Waals surface area contributed by atoms with E-state index >= 15 is 0 Å². The Morgan fingerprint density at radius 1 is 1.11 bits per heavy atom. The molecule has 0 radical (unpaired) electrons. The SMILES string of the molecule is CC(C)(O)c1ccc(-c2cnc3c(n2)N(c2ccccc2)CC(=O)N3)cn1.[HH]. The van der Waals surface area contributed by atoms with Crippen molar-refractivity contribution in [2.24, 2.45) is 0 Å². The van der Waals surface area contributed by atoms with E-state index in [-0.39, 0.29) is 13.9 Å². The number of rotatable bonds is 3. The Labute approximate surface area is 158 Å². The highest BCUT2D eigenvalue weighted by atomic mass is 16.3. The predicted molar refractivity (Wildman–Crippen MR) is 105 cm³/mol. The number of hydrogen-bond donors (Lipinski definition) is 2. The maximum atomic E-state index is 12.0. The molecule has 4 rings (SSSR count). The van der Waals surface area contributed by atoms with Gasteiger partial charge in [0.25, 0.3) is 0 Å². The van der Waals surface area contributed by atoms with Gasteiger partial charge in [-0.25, -0.2) is 9.97 Å². The molecule has 1 aromatic carbocycles. The van der Waals surface area contributed by atoms with Gasteiger partial charge in [-0.15, -0.1) is 0 Å². The molecule has 2 N–H and O–H groups in total. The highest BCUT2D eigenvalue weighted by molar-refractivity contribution is 6.01. The van der Waals surface area contributed by atoms with Crippen LogP contribution in [0, 0.1) is 0 Å². The number of para-hydroxylation sites is 1. The van der Waals surface area contributed by atoms with Gasteiger partial charge in [0.15, 0.2) is 11.6 Å². The number of amides is 1. The monoisotopic (exact) mass is 363 g/mol. The average Bonchev–Trinajstić information content (AvgIpc) is 2.67. The van der Waals surface area contributed by atoms with Crippen molar-refractivity contribution >= 4 is 23.2 Å². The molecule has 1 amide bonds. The third-order valence-corrected chi connectivity index (χ3v) is 4.32. The Balaban J connectivity index is 0.00000225. The molecule has 1 aliphatic rings. The zero-order valence-electron chi connectivity index (χ0n) is 15.0. The zero-order chi connectivity index (χ0) is 19.0. The fraction of sp³-hybridized carbons (Fsp3) is 0.200. The number of carbonyl (C=O) groups is 1. The van der Waals surface area contributed by atoms with E-state index in [1.807, 2.05) is 41.3 Å². The van der Waals surface area contributed by atoms with Crippen LogP contribution in [0.15, 0.2) is 54.9 Å². The van der Waals surface area contributed by atoms with Gasteiger partial charge in [-0.2, -0.15) is 0 Å². The highest BCUT2D eigenvalue weighted by Gasteiger charge is 2.26. The third kappa shape index (κ3) is 3.37. The van der Waals surface area contributed by atoms with Crippen LogP contribution in [0.1, 0.15) is 21.0 Å². The van der Waals surface area contributed by atoms with Gasteiger partial charge in [0.2, 0.25) is 5.91 Å². The smallest absolute Gasteiger partial charge is 0.245 e. The summed E-state index contributed by atoms with van der Waals surface area (Å²) in [5.74, 6) is 0.884. The second-order valence-electron chi connectivity index (χ2n) is 6.89. The van der Waals surface area contributed by atoms with E-state index in [4.69, 9.17) is 4.98 Å². The summed E-state index contributed by atoms with van der Waals surface area (Å²) < 4.78 is 0. The molecular formula is C20H21N5O2. The van der Waals surface area contributed by atoms with Crippen molar-refractivity contribution in [3.8, 4) is 11.3 Å². The van der Waals surface area contributed by atoms with Crippen LogP contribution in [-0.4, -0.2) is 32.5 Å². The van der Waals surface area contributed by atoms with Gasteiger partial charge in [-0.1, -0.05) is 18.2 Å². The number of aliphatic hydroxyl groups is 1. The molecule has 0 saturated carbocycles. The molecular weight excluding hydrogens is 342 g/mol. The van der Waals surface area contributed by atoms with Crippen LogP contribution < -0.4 is 10.2 Å². The number of fused-ring (bicyclic) bond motifs is 1. The first kappa shape index (κ1) is 17.1. The molecule has 0 spiro atoms. The molecule has 0 unspecified atom stereocenters. The number of benzene rings is 1. The van der Waals surface area contributed by atoms with Crippen molar-refractivity contribution in [3.05, 3.63) is 60.6 Å². The van der Waals surface area contributed by atoms with Gasteiger partial charge in [-0.3, -0.25) is 9.78 Å². The Morgan fingerprint density at radius 3 is 2.56 bits per heavy atom. The van der Waals surface area contributed by atoms with Crippen molar-refractivity contribution < 1.29 is 11.3 Å². The van der Waals surface area contributed by atoms with Gasteiger partial charge in [0.1, 0.15) is 12.1 Å². The Bertz CT molecular complexity index is 988. The summed E-state index contributed by atoms with van der Waals surface area (Å²) in [6, 6.07) is 13.2. The molecule has 27 heavy (non-hydrogen) atoms. The molecule has 3 heterocycles. The first-order valence-corrected chi connectivity index (χ1v) is 8.60. The summed E-state index contributed by atoms with van der Waals surface area (Å²) in [7, 11) is 0. The fourth-order valence-electron chi connectivity index (χ4n) is 2.91. The zero-order valence-corrected chi connectivity index (χ0v) is 15.0. The largest absolute Gasteiger partial charge is 0.384 e. The minimum absolute atomic E-state index is 0.